The SMILES string of the molecule is CSCCC(=O)NCCNCC(C)O. The van der Waals surface area contributed by atoms with Gasteiger partial charge >= 0.3 is 0 Å². The average Bonchev–Trinajstić information content (AvgIpc) is 2.13. The highest BCUT2D eigenvalue weighted by Crippen LogP contribution is 1.94. The summed E-state index contributed by atoms with van der Waals surface area (Å²) in [6, 6.07) is 0. The van der Waals surface area contributed by atoms with Crippen molar-refractivity contribution in [3.63, 3.8) is 0 Å². The van der Waals surface area contributed by atoms with E-state index in [4.69, 9.17) is 5.11 Å². The Morgan fingerprint density at radius 1 is 1.50 bits per heavy atom. The highest BCUT2D eigenvalue weighted by atomic mass is 32.2. The number of carbonyl (C=O) groups is 1. The molecule has 0 saturated heterocycles. The van der Waals surface area contributed by atoms with Gasteiger partial charge in [-0.05, 0) is 13.2 Å². The van der Waals surface area contributed by atoms with Crippen molar-refractivity contribution in [1.82, 2.24) is 10.6 Å². The highest BCUT2D eigenvalue weighted by molar-refractivity contribution is 7.98. The van der Waals surface area contributed by atoms with Gasteiger partial charge in [-0.1, -0.05) is 0 Å². The van der Waals surface area contributed by atoms with Gasteiger partial charge in [0, 0.05) is 31.8 Å². The van der Waals surface area contributed by atoms with Crippen LogP contribution in [0.2, 0.25) is 0 Å². The van der Waals surface area contributed by atoms with Gasteiger partial charge in [-0.3, -0.25) is 4.79 Å². The third kappa shape index (κ3) is 9.83. The maximum atomic E-state index is 11.1. The lowest BCUT2D eigenvalue weighted by Gasteiger charge is -2.07. The molecule has 0 bridgehead atoms. The van der Waals surface area contributed by atoms with Gasteiger partial charge in [-0.25, -0.2) is 0 Å². The third-order valence-electron chi connectivity index (χ3n) is 1.60. The zero-order valence-electron chi connectivity index (χ0n) is 8.88. The summed E-state index contributed by atoms with van der Waals surface area (Å²) in [5.41, 5.74) is 0. The Bertz CT molecular complexity index is 154. The van der Waals surface area contributed by atoms with E-state index < -0.39 is 0 Å². The first-order valence-electron chi connectivity index (χ1n) is 4.81. The molecule has 0 spiro atoms. The molecule has 0 aromatic rings. The number of carbonyl (C=O) groups excluding carboxylic acids is 1. The number of thioether (sulfide) groups is 1. The fourth-order valence-electron chi connectivity index (χ4n) is 0.884. The summed E-state index contributed by atoms with van der Waals surface area (Å²) in [7, 11) is 0. The molecule has 0 rings (SSSR count). The molecule has 1 unspecified atom stereocenters. The Hall–Kier alpha value is -0.260. The molecule has 0 aromatic heterocycles. The van der Waals surface area contributed by atoms with Gasteiger partial charge in [-0.15, -0.1) is 0 Å². The molecular formula is C9H20N2O2S. The first-order chi connectivity index (χ1) is 6.66. The maximum Gasteiger partial charge on any atom is 0.220 e. The summed E-state index contributed by atoms with van der Waals surface area (Å²) in [4.78, 5) is 11.1. The predicted molar refractivity (Wildman–Crippen MR) is 60.6 cm³/mol. The van der Waals surface area contributed by atoms with Crippen LogP contribution in [0.25, 0.3) is 0 Å². The van der Waals surface area contributed by atoms with Gasteiger partial charge < -0.3 is 15.7 Å². The van der Waals surface area contributed by atoms with E-state index >= 15 is 0 Å². The Morgan fingerprint density at radius 3 is 2.79 bits per heavy atom. The molecule has 84 valence electrons. The largest absolute Gasteiger partial charge is 0.392 e. The van der Waals surface area contributed by atoms with Gasteiger partial charge in [0.15, 0.2) is 0 Å². The van der Waals surface area contributed by atoms with Crippen molar-refractivity contribution in [2.45, 2.75) is 19.4 Å². The predicted octanol–water partition coefficient (Wildman–Crippen LogP) is -0.174. The second kappa shape index (κ2) is 9.30. The van der Waals surface area contributed by atoms with Crippen LogP contribution in [0.1, 0.15) is 13.3 Å². The van der Waals surface area contributed by atoms with Crippen molar-refractivity contribution >= 4 is 17.7 Å². The molecule has 4 nitrogen and oxygen atoms in total. The molecule has 0 aromatic carbocycles. The second-order valence-electron chi connectivity index (χ2n) is 3.15. The number of nitrogens with one attached hydrogen (secondary N) is 2. The van der Waals surface area contributed by atoms with Crippen LogP contribution >= 0.6 is 11.8 Å². The number of hydrogen-bond acceptors (Lipinski definition) is 4. The van der Waals surface area contributed by atoms with Crippen LogP contribution in [-0.2, 0) is 4.79 Å². The Kier molecular flexibility index (Phi) is 9.13. The summed E-state index contributed by atoms with van der Waals surface area (Å²) < 4.78 is 0. The molecule has 0 aliphatic rings. The van der Waals surface area contributed by atoms with Crippen LogP contribution in [0.4, 0.5) is 0 Å². The standard InChI is InChI=1S/C9H20N2O2S/c1-8(12)7-10-4-5-11-9(13)3-6-14-2/h8,10,12H,3-7H2,1-2H3,(H,11,13). The quantitative estimate of drug-likeness (QED) is 0.497. The molecule has 0 radical (unpaired) electrons. The maximum absolute atomic E-state index is 11.1. The second-order valence-corrected chi connectivity index (χ2v) is 4.13. The van der Waals surface area contributed by atoms with E-state index in [2.05, 4.69) is 10.6 Å². The Balaban J connectivity index is 3.15. The molecule has 0 aliphatic carbocycles. The van der Waals surface area contributed by atoms with Crippen molar-refractivity contribution in [2.24, 2.45) is 0 Å². The zero-order chi connectivity index (χ0) is 10.8. The summed E-state index contributed by atoms with van der Waals surface area (Å²) in [6.45, 7) is 3.63. The van der Waals surface area contributed by atoms with Crippen molar-refractivity contribution in [1.29, 1.82) is 0 Å². The number of aliphatic hydroxyl groups is 1. The van der Waals surface area contributed by atoms with Crippen molar-refractivity contribution in [3.05, 3.63) is 0 Å². The topological polar surface area (TPSA) is 61.4 Å². The summed E-state index contributed by atoms with van der Waals surface area (Å²) >= 11 is 1.67. The molecule has 5 heteroatoms. The fraction of sp³-hybridized carbons (Fsp3) is 0.889. The Labute approximate surface area is 89.8 Å². The van der Waals surface area contributed by atoms with E-state index in [1.165, 1.54) is 0 Å². The van der Waals surface area contributed by atoms with Crippen LogP contribution in [0, 0.1) is 0 Å². The molecule has 14 heavy (non-hydrogen) atoms. The number of rotatable bonds is 8. The highest BCUT2D eigenvalue weighted by Gasteiger charge is 1.99. The minimum atomic E-state index is -0.331. The van der Waals surface area contributed by atoms with Crippen LogP contribution in [0.3, 0.4) is 0 Å². The molecule has 0 heterocycles. The van der Waals surface area contributed by atoms with Crippen LogP contribution < -0.4 is 10.6 Å². The number of hydrogen-bond donors (Lipinski definition) is 3. The molecule has 1 amide bonds. The zero-order valence-corrected chi connectivity index (χ0v) is 9.69. The molecule has 0 fully saturated rings. The van der Waals surface area contributed by atoms with Gasteiger partial charge in [0.2, 0.25) is 5.91 Å². The minimum absolute atomic E-state index is 0.0956. The minimum Gasteiger partial charge on any atom is -0.392 e. The lowest BCUT2D eigenvalue weighted by atomic mass is 10.4. The first kappa shape index (κ1) is 13.7. The van der Waals surface area contributed by atoms with Gasteiger partial charge in [0.1, 0.15) is 0 Å². The average molecular weight is 220 g/mol. The monoisotopic (exact) mass is 220 g/mol. The number of aliphatic hydroxyl groups excluding tert-OH is 1. The molecule has 0 aliphatic heterocycles. The van der Waals surface area contributed by atoms with E-state index in [1.54, 1.807) is 18.7 Å². The van der Waals surface area contributed by atoms with Crippen LogP contribution in [0.15, 0.2) is 0 Å². The van der Waals surface area contributed by atoms with E-state index in [0.717, 1.165) is 5.75 Å². The Morgan fingerprint density at radius 2 is 2.21 bits per heavy atom. The summed E-state index contributed by atoms with van der Waals surface area (Å²) in [5, 5.41) is 14.7. The van der Waals surface area contributed by atoms with Crippen molar-refractivity contribution in [2.75, 3.05) is 31.6 Å². The van der Waals surface area contributed by atoms with E-state index in [9.17, 15) is 4.79 Å². The van der Waals surface area contributed by atoms with E-state index in [1.807, 2.05) is 6.26 Å². The van der Waals surface area contributed by atoms with Crippen LogP contribution in [0.5, 0.6) is 0 Å². The van der Waals surface area contributed by atoms with Crippen molar-refractivity contribution in [3.8, 4) is 0 Å². The molecule has 1 atom stereocenters. The smallest absolute Gasteiger partial charge is 0.220 e. The van der Waals surface area contributed by atoms with E-state index in [-0.39, 0.29) is 12.0 Å². The van der Waals surface area contributed by atoms with E-state index in [0.29, 0.717) is 26.1 Å². The normalized spacial score (nSPS) is 12.5. The summed E-state index contributed by atoms with van der Waals surface area (Å²) in [5.74, 6) is 0.964. The van der Waals surface area contributed by atoms with Gasteiger partial charge in [0.25, 0.3) is 0 Å². The molecular weight excluding hydrogens is 200 g/mol. The first-order valence-corrected chi connectivity index (χ1v) is 6.20. The third-order valence-corrected chi connectivity index (χ3v) is 2.21. The van der Waals surface area contributed by atoms with Crippen LogP contribution in [-0.4, -0.2) is 48.8 Å². The van der Waals surface area contributed by atoms with Gasteiger partial charge in [-0.2, -0.15) is 11.8 Å². The van der Waals surface area contributed by atoms with Crippen molar-refractivity contribution < 1.29 is 9.90 Å². The summed E-state index contributed by atoms with van der Waals surface area (Å²) in [6.07, 6.45) is 2.23. The molecule has 0 saturated carbocycles. The number of amides is 1. The lowest BCUT2D eigenvalue weighted by molar-refractivity contribution is -0.120. The van der Waals surface area contributed by atoms with Gasteiger partial charge in [0.05, 0.1) is 6.10 Å². The fourth-order valence-corrected chi connectivity index (χ4v) is 1.27. The lowest BCUT2D eigenvalue weighted by Crippen LogP contribution is -2.34. The molecule has 3 N–H and O–H groups in total.